The maximum absolute atomic E-state index is 11.0. The first-order valence-electron chi connectivity index (χ1n) is 5.66. The Morgan fingerprint density at radius 2 is 2.28 bits per heavy atom. The van der Waals surface area contributed by atoms with E-state index >= 15 is 0 Å². The molecule has 0 amide bonds. The normalized spacial score (nSPS) is 24.1. The first-order chi connectivity index (χ1) is 8.44. The average Bonchev–Trinajstić information content (AvgIpc) is 2.66. The van der Waals surface area contributed by atoms with Crippen molar-refractivity contribution in [2.45, 2.75) is 25.3 Å². The van der Waals surface area contributed by atoms with Crippen molar-refractivity contribution in [3.8, 4) is 0 Å². The molecule has 2 rings (SSSR count). The largest absolute Gasteiger partial charge is 0.366 e. The molecule has 0 spiro atoms. The van der Waals surface area contributed by atoms with Gasteiger partial charge < -0.3 is 5.32 Å². The van der Waals surface area contributed by atoms with Crippen molar-refractivity contribution in [1.29, 1.82) is 0 Å². The van der Waals surface area contributed by atoms with E-state index in [-0.39, 0.29) is 17.7 Å². The number of anilines is 1. The maximum Gasteiger partial charge on any atom is 0.209 e. The summed E-state index contributed by atoms with van der Waals surface area (Å²) in [4.78, 5) is 7.85. The highest BCUT2D eigenvalue weighted by Crippen LogP contribution is 2.29. The lowest BCUT2D eigenvalue weighted by Crippen LogP contribution is -2.23. The van der Waals surface area contributed by atoms with Crippen molar-refractivity contribution < 1.29 is 8.42 Å². The Kier molecular flexibility index (Phi) is 4.04. The fraction of sp³-hybridized carbons (Fsp3) is 0.600. The number of hydrogen-bond acceptors (Lipinski definition) is 5. The summed E-state index contributed by atoms with van der Waals surface area (Å²) in [6.07, 6.45) is 5.44. The van der Waals surface area contributed by atoms with E-state index in [1.54, 1.807) is 0 Å². The van der Waals surface area contributed by atoms with Crippen molar-refractivity contribution in [1.82, 2.24) is 9.97 Å². The smallest absolute Gasteiger partial charge is 0.209 e. The third-order valence-electron chi connectivity index (χ3n) is 3.02. The molecular formula is C10H15ClN4O2S. The minimum atomic E-state index is -3.39. The number of aromatic nitrogens is 2. The molecule has 0 unspecified atom stereocenters. The van der Waals surface area contributed by atoms with Crippen LogP contribution in [-0.2, 0) is 10.0 Å². The summed E-state index contributed by atoms with van der Waals surface area (Å²) < 4.78 is 22.0. The number of nitrogens with two attached hydrogens (primary N) is 1. The molecule has 0 aliphatic heterocycles. The number of nitrogens with one attached hydrogen (secondary N) is 1. The molecule has 1 aromatic heterocycles. The van der Waals surface area contributed by atoms with Gasteiger partial charge in [0.2, 0.25) is 10.0 Å². The standard InChI is InChI=1S/C10H15ClN4O2S/c11-9-4-13-6-14-10(9)15-8-2-1-7(3-8)5-18(12,16)17/h4,6-8H,1-3,5H2,(H2,12,16,17)(H,13,14,15)/t7-,8+/m1/s1. The number of sulfonamides is 1. The summed E-state index contributed by atoms with van der Waals surface area (Å²) in [5.41, 5.74) is 0. The van der Waals surface area contributed by atoms with E-state index in [1.165, 1.54) is 12.5 Å². The molecule has 1 heterocycles. The van der Waals surface area contributed by atoms with Crippen LogP contribution >= 0.6 is 11.6 Å². The van der Waals surface area contributed by atoms with Crippen molar-refractivity contribution in [2.75, 3.05) is 11.1 Å². The van der Waals surface area contributed by atoms with Gasteiger partial charge in [-0.25, -0.2) is 23.5 Å². The van der Waals surface area contributed by atoms with E-state index in [2.05, 4.69) is 15.3 Å². The molecule has 0 aromatic carbocycles. The molecule has 8 heteroatoms. The summed E-state index contributed by atoms with van der Waals surface area (Å²) in [5, 5.41) is 8.72. The van der Waals surface area contributed by atoms with Gasteiger partial charge in [-0.05, 0) is 25.2 Å². The number of nitrogens with zero attached hydrogens (tertiary/aromatic N) is 2. The predicted octanol–water partition coefficient (Wildman–Crippen LogP) is 0.999. The van der Waals surface area contributed by atoms with Crippen LogP contribution in [0, 0.1) is 5.92 Å². The molecule has 18 heavy (non-hydrogen) atoms. The van der Waals surface area contributed by atoms with Gasteiger partial charge in [0, 0.05) is 6.04 Å². The van der Waals surface area contributed by atoms with E-state index < -0.39 is 10.0 Å². The third-order valence-corrected chi connectivity index (χ3v) is 4.23. The second-order valence-corrected chi connectivity index (χ2v) is 6.64. The maximum atomic E-state index is 11.0. The lowest BCUT2D eigenvalue weighted by atomic mass is 10.1. The number of rotatable bonds is 4. The van der Waals surface area contributed by atoms with Gasteiger partial charge in [0.05, 0.1) is 11.9 Å². The SMILES string of the molecule is NS(=O)(=O)C[C@@H]1CC[C@H](Nc2ncncc2Cl)C1. The summed E-state index contributed by atoms with van der Waals surface area (Å²) in [6.45, 7) is 0. The zero-order valence-corrected chi connectivity index (χ0v) is 11.3. The lowest BCUT2D eigenvalue weighted by molar-refractivity contribution is 0.557. The second-order valence-electron chi connectivity index (χ2n) is 4.57. The van der Waals surface area contributed by atoms with E-state index in [1.807, 2.05) is 0 Å². The molecule has 100 valence electrons. The van der Waals surface area contributed by atoms with E-state index in [0.717, 1.165) is 19.3 Å². The molecule has 1 fully saturated rings. The second kappa shape index (κ2) is 5.38. The van der Waals surface area contributed by atoms with Crippen LogP contribution in [0.25, 0.3) is 0 Å². The summed E-state index contributed by atoms with van der Waals surface area (Å²) in [6, 6.07) is 0.184. The molecule has 6 nitrogen and oxygen atoms in total. The Hall–Kier alpha value is -0.920. The van der Waals surface area contributed by atoms with Crippen LogP contribution in [0.15, 0.2) is 12.5 Å². The van der Waals surface area contributed by atoms with Crippen molar-refractivity contribution in [3.63, 3.8) is 0 Å². The fourth-order valence-electron chi connectivity index (χ4n) is 2.30. The Bertz CT molecular complexity index is 522. The average molecular weight is 291 g/mol. The molecule has 0 radical (unpaired) electrons. The van der Waals surface area contributed by atoms with Gasteiger partial charge in [0.25, 0.3) is 0 Å². The predicted molar refractivity (Wildman–Crippen MR) is 69.8 cm³/mol. The van der Waals surface area contributed by atoms with Crippen LogP contribution in [0.2, 0.25) is 5.02 Å². The highest BCUT2D eigenvalue weighted by atomic mass is 35.5. The molecule has 1 aliphatic rings. The van der Waals surface area contributed by atoms with Crippen LogP contribution in [0.4, 0.5) is 5.82 Å². The van der Waals surface area contributed by atoms with Gasteiger partial charge in [-0.2, -0.15) is 0 Å². The highest BCUT2D eigenvalue weighted by molar-refractivity contribution is 7.89. The van der Waals surface area contributed by atoms with Crippen LogP contribution in [0.5, 0.6) is 0 Å². The fourth-order valence-corrected chi connectivity index (χ4v) is 3.42. The zero-order chi connectivity index (χ0) is 13.2. The number of primary sulfonamides is 1. The van der Waals surface area contributed by atoms with E-state index in [0.29, 0.717) is 10.8 Å². The Morgan fingerprint density at radius 3 is 2.94 bits per heavy atom. The minimum absolute atomic E-state index is 0.0443. The topological polar surface area (TPSA) is 98.0 Å². The van der Waals surface area contributed by atoms with Crippen LogP contribution < -0.4 is 10.5 Å². The molecule has 1 saturated carbocycles. The van der Waals surface area contributed by atoms with Crippen molar-refractivity contribution in [2.24, 2.45) is 11.1 Å². The van der Waals surface area contributed by atoms with Crippen molar-refractivity contribution >= 4 is 27.4 Å². The van der Waals surface area contributed by atoms with Gasteiger partial charge in [0.15, 0.2) is 0 Å². The minimum Gasteiger partial charge on any atom is -0.366 e. The Labute approximate surface area is 111 Å². The molecule has 2 atom stereocenters. The first-order valence-corrected chi connectivity index (χ1v) is 7.76. The Morgan fingerprint density at radius 1 is 1.50 bits per heavy atom. The first kappa shape index (κ1) is 13.5. The van der Waals surface area contributed by atoms with Gasteiger partial charge >= 0.3 is 0 Å². The van der Waals surface area contributed by atoms with Crippen LogP contribution in [0.1, 0.15) is 19.3 Å². The lowest BCUT2D eigenvalue weighted by Gasteiger charge is -2.14. The highest BCUT2D eigenvalue weighted by Gasteiger charge is 2.27. The van der Waals surface area contributed by atoms with Gasteiger partial charge in [-0.15, -0.1) is 0 Å². The van der Waals surface area contributed by atoms with Crippen LogP contribution in [-0.4, -0.2) is 30.2 Å². The van der Waals surface area contributed by atoms with Crippen molar-refractivity contribution in [3.05, 3.63) is 17.5 Å². The van der Waals surface area contributed by atoms with Gasteiger partial charge in [-0.3, -0.25) is 0 Å². The molecule has 3 N–H and O–H groups in total. The zero-order valence-electron chi connectivity index (χ0n) is 9.71. The number of halogens is 1. The molecule has 1 aliphatic carbocycles. The molecule has 1 aromatic rings. The quantitative estimate of drug-likeness (QED) is 0.862. The van der Waals surface area contributed by atoms with Gasteiger partial charge in [-0.1, -0.05) is 11.6 Å². The molecule has 0 bridgehead atoms. The molecular weight excluding hydrogens is 276 g/mol. The number of hydrogen-bond donors (Lipinski definition) is 2. The monoisotopic (exact) mass is 290 g/mol. The summed E-state index contributed by atoms with van der Waals surface area (Å²) >= 11 is 5.94. The van der Waals surface area contributed by atoms with E-state index in [9.17, 15) is 8.42 Å². The summed E-state index contributed by atoms with van der Waals surface area (Å²) in [7, 11) is -3.39. The van der Waals surface area contributed by atoms with E-state index in [4.69, 9.17) is 16.7 Å². The molecule has 0 saturated heterocycles. The Balaban J connectivity index is 1.92. The van der Waals surface area contributed by atoms with Crippen LogP contribution in [0.3, 0.4) is 0 Å². The van der Waals surface area contributed by atoms with Gasteiger partial charge in [0.1, 0.15) is 17.2 Å². The summed E-state index contributed by atoms with van der Waals surface area (Å²) in [5.74, 6) is 0.744. The third kappa shape index (κ3) is 3.79.